The van der Waals surface area contributed by atoms with Crippen LogP contribution in [0.1, 0.15) is 19.3 Å². The lowest BCUT2D eigenvalue weighted by molar-refractivity contribution is 0.233. The van der Waals surface area contributed by atoms with Crippen molar-refractivity contribution in [1.82, 2.24) is 0 Å². The van der Waals surface area contributed by atoms with Crippen molar-refractivity contribution in [3.8, 4) is 0 Å². The van der Waals surface area contributed by atoms with Crippen LogP contribution in [0.25, 0.3) is 0 Å². The molecule has 0 aliphatic carbocycles. The van der Waals surface area contributed by atoms with E-state index >= 15 is 0 Å². The van der Waals surface area contributed by atoms with Gasteiger partial charge in [0.15, 0.2) is 0 Å². The molecule has 2 aromatic carbocycles. The SMILES string of the molecule is C=CCCCC(O)[Si](C)(c1ccccc1)c1ccccc1. The summed E-state index contributed by atoms with van der Waals surface area (Å²) >= 11 is 0. The van der Waals surface area contributed by atoms with E-state index in [1.54, 1.807) is 0 Å². The molecule has 0 aliphatic rings. The van der Waals surface area contributed by atoms with E-state index in [0.29, 0.717) is 0 Å². The first kappa shape index (κ1) is 15.7. The van der Waals surface area contributed by atoms with Crippen LogP contribution in [0.5, 0.6) is 0 Å². The Labute approximate surface area is 129 Å². The lowest BCUT2D eigenvalue weighted by atomic mass is 10.2. The summed E-state index contributed by atoms with van der Waals surface area (Å²) in [6.07, 6.45) is 4.72. The Hall–Kier alpha value is -1.64. The third-order valence-electron chi connectivity index (χ3n) is 4.30. The quantitative estimate of drug-likeness (QED) is 0.473. The van der Waals surface area contributed by atoms with E-state index in [9.17, 15) is 5.11 Å². The van der Waals surface area contributed by atoms with Gasteiger partial charge in [-0.2, -0.15) is 0 Å². The van der Waals surface area contributed by atoms with Crippen molar-refractivity contribution in [1.29, 1.82) is 0 Å². The van der Waals surface area contributed by atoms with Gasteiger partial charge < -0.3 is 5.11 Å². The third-order valence-corrected chi connectivity index (χ3v) is 8.99. The number of rotatable bonds is 7. The zero-order chi connectivity index (χ0) is 15.1. The lowest BCUT2D eigenvalue weighted by Gasteiger charge is -2.33. The summed E-state index contributed by atoms with van der Waals surface area (Å²) in [6.45, 7) is 6.04. The number of unbranched alkanes of at least 4 members (excludes halogenated alkanes) is 1. The van der Waals surface area contributed by atoms with Gasteiger partial charge in [-0.25, -0.2) is 0 Å². The Balaban J connectivity index is 2.37. The zero-order valence-corrected chi connectivity index (χ0v) is 13.7. The molecule has 0 radical (unpaired) electrons. The molecule has 1 nitrogen and oxygen atoms in total. The lowest BCUT2D eigenvalue weighted by Crippen LogP contribution is -2.64. The van der Waals surface area contributed by atoms with E-state index in [1.165, 1.54) is 10.4 Å². The van der Waals surface area contributed by atoms with Crippen LogP contribution in [0.15, 0.2) is 73.3 Å². The molecule has 2 heteroatoms. The average molecular weight is 296 g/mol. The van der Waals surface area contributed by atoms with E-state index in [1.807, 2.05) is 18.2 Å². The Morgan fingerprint density at radius 3 is 1.90 bits per heavy atom. The fourth-order valence-corrected chi connectivity index (χ4v) is 6.52. The van der Waals surface area contributed by atoms with Crippen molar-refractivity contribution in [3.63, 3.8) is 0 Å². The van der Waals surface area contributed by atoms with Gasteiger partial charge in [-0.05, 0) is 19.3 Å². The molecule has 0 saturated carbocycles. The summed E-state index contributed by atoms with van der Waals surface area (Å²) < 4.78 is 0. The number of benzene rings is 2. The molecule has 1 atom stereocenters. The van der Waals surface area contributed by atoms with Gasteiger partial charge in [0.1, 0.15) is 8.07 Å². The van der Waals surface area contributed by atoms with Gasteiger partial charge in [0, 0.05) is 0 Å². The van der Waals surface area contributed by atoms with Crippen LogP contribution >= 0.6 is 0 Å². The van der Waals surface area contributed by atoms with Crippen molar-refractivity contribution >= 4 is 18.4 Å². The summed E-state index contributed by atoms with van der Waals surface area (Å²) in [5.41, 5.74) is -0.276. The van der Waals surface area contributed by atoms with Gasteiger partial charge in [0.2, 0.25) is 0 Å². The van der Waals surface area contributed by atoms with Crippen molar-refractivity contribution in [2.24, 2.45) is 0 Å². The van der Waals surface area contributed by atoms with E-state index in [4.69, 9.17) is 0 Å². The normalized spacial score (nSPS) is 12.9. The second kappa shape index (κ2) is 7.39. The second-order valence-corrected chi connectivity index (χ2v) is 9.90. The molecule has 0 aromatic heterocycles. The number of aliphatic hydroxyl groups is 1. The first-order valence-corrected chi connectivity index (χ1v) is 10.2. The van der Waals surface area contributed by atoms with Crippen LogP contribution in [-0.4, -0.2) is 18.9 Å². The maximum Gasteiger partial charge on any atom is 0.145 e. The summed E-state index contributed by atoms with van der Waals surface area (Å²) in [4.78, 5) is 0. The molecule has 0 amide bonds. The zero-order valence-electron chi connectivity index (χ0n) is 12.7. The maximum absolute atomic E-state index is 10.9. The Morgan fingerprint density at radius 1 is 1.00 bits per heavy atom. The van der Waals surface area contributed by atoms with Crippen molar-refractivity contribution in [3.05, 3.63) is 73.3 Å². The molecule has 21 heavy (non-hydrogen) atoms. The highest BCUT2D eigenvalue weighted by Gasteiger charge is 2.38. The first-order valence-electron chi connectivity index (χ1n) is 7.59. The number of hydrogen-bond donors (Lipinski definition) is 1. The van der Waals surface area contributed by atoms with Crippen LogP contribution in [0.4, 0.5) is 0 Å². The minimum atomic E-state index is -2.13. The Bertz CT molecular complexity index is 511. The van der Waals surface area contributed by atoms with Crippen molar-refractivity contribution in [2.45, 2.75) is 31.5 Å². The van der Waals surface area contributed by atoms with E-state index in [0.717, 1.165) is 19.3 Å². The number of allylic oxidation sites excluding steroid dienone is 1. The van der Waals surface area contributed by atoms with Gasteiger partial charge >= 0.3 is 0 Å². The summed E-state index contributed by atoms with van der Waals surface area (Å²) in [5.74, 6) is 0. The van der Waals surface area contributed by atoms with Crippen LogP contribution in [0.3, 0.4) is 0 Å². The molecule has 0 spiro atoms. The smallest absolute Gasteiger partial charge is 0.145 e. The molecule has 0 aliphatic heterocycles. The van der Waals surface area contributed by atoms with Crippen molar-refractivity contribution < 1.29 is 5.11 Å². The van der Waals surface area contributed by atoms with Gasteiger partial charge in [0.25, 0.3) is 0 Å². The molecule has 0 saturated heterocycles. The van der Waals surface area contributed by atoms with Crippen LogP contribution in [0.2, 0.25) is 6.55 Å². The standard InChI is InChI=1S/C19H24OSi/c1-3-4-7-16-19(20)21(2,17-12-8-5-9-13-17)18-14-10-6-11-15-18/h3,5-6,8-15,19-20H,1,4,7,16H2,2H3. The van der Waals surface area contributed by atoms with Crippen LogP contribution in [0, 0.1) is 0 Å². The largest absolute Gasteiger partial charge is 0.396 e. The second-order valence-electron chi connectivity index (χ2n) is 5.67. The highest BCUT2D eigenvalue weighted by molar-refractivity contribution is 7.02. The molecular formula is C19H24OSi. The van der Waals surface area contributed by atoms with Gasteiger partial charge in [-0.3, -0.25) is 0 Å². The topological polar surface area (TPSA) is 20.2 Å². The molecule has 110 valence electrons. The highest BCUT2D eigenvalue weighted by Crippen LogP contribution is 2.16. The molecule has 2 aromatic rings. The molecule has 1 unspecified atom stereocenters. The van der Waals surface area contributed by atoms with Gasteiger partial charge in [0.05, 0.1) is 5.73 Å². The highest BCUT2D eigenvalue weighted by atomic mass is 28.3. The number of aliphatic hydroxyl groups excluding tert-OH is 1. The maximum atomic E-state index is 10.9. The molecule has 0 heterocycles. The Kier molecular flexibility index (Phi) is 5.54. The minimum Gasteiger partial charge on any atom is -0.396 e. The molecule has 1 N–H and O–H groups in total. The van der Waals surface area contributed by atoms with Gasteiger partial charge in [-0.15, -0.1) is 6.58 Å². The first-order chi connectivity index (χ1) is 10.2. The minimum absolute atomic E-state index is 0.276. The molecule has 0 fully saturated rings. The summed E-state index contributed by atoms with van der Waals surface area (Å²) in [7, 11) is -2.13. The Morgan fingerprint density at radius 2 is 1.48 bits per heavy atom. The predicted molar refractivity (Wildman–Crippen MR) is 93.8 cm³/mol. The van der Waals surface area contributed by atoms with Gasteiger partial charge in [-0.1, -0.05) is 83.7 Å². The van der Waals surface area contributed by atoms with Crippen molar-refractivity contribution in [2.75, 3.05) is 0 Å². The monoisotopic (exact) mass is 296 g/mol. The fraction of sp³-hybridized carbons (Fsp3) is 0.263. The van der Waals surface area contributed by atoms with Crippen LogP contribution < -0.4 is 10.4 Å². The molecule has 0 bridgehead atoms. The van der Waals surface area contributed by atoms with Crippen LogP contribution in [-0.2, 0) is 0 Å². The summed E-state index contributed by atoms with van der Waals surface area (Å²) in [6, 6.07) is 21.0. The third kappa shape index (κ3) is 3.52. The van der Waals surface area contributed by atoms with E-state index in [-0.39, 0.29) is 5.73 Å². The molecule has 2 rings (SSSR count). The predicted octanol–water partition coefficient (Wildman–Crippen LogP) is 3.14. The average Bonchev–Trinajstić information content (AvgIpc) is 2.56. The van der Waals surface area contributed by atoms with E-state index < -0.39 is 8.07 Å². The fourth-order valence-electron chi connectivity index (χ4n) is 2.86. The van der Waals surface area contributed by atoms with E-state index in [2.05, 4.69) is 61.7 Å². The summed E-state index contributed by atoms with van der Waals surface area (Å²) in [5, 5.41) is 13.5. The number of hydrogen-bond acceptors (Lipinski definition) is 1. The molecular weight excluding hydrogens is 272 g/mol.